The molecular formula is C18H22N2O5S. The average molecular weight is 378 g/mol. The Morgan fingerprint density at radius 1 is 1.15 bits per heavy atom. The van der Waals surface area contributed by atoms with Crippen molar-refractivity contribution in [3.8, 4) is 0 Å². The molecule has 0 heterocycles. The van der Waals surface area contributed by atoms with Crippen LogP contribution in [0.4, 0.5) is 11.4 Å². The largest absolute Gasteiger partial charge is 0.465 e. The lowest BCUT2D eigenvalue weighted by molar-refractivity contribution is 0.0600. The zero-order chi connectivity index (χ0) is 19.2. The third-order valence-electron chi connectivity index (χ3n) is 3.65. The fourth-order valence-corrected chi connectivity index (χ4v) is 3.54. The molecule has 0 fully saturated rings. The molecule has 0 amide bonds. The summed E-state index contributed by atoms with van der Waals surface area (Å²) in [4.78, 5) is 11.7. The summed E-state index contributed by atoms with van der Waals surface area (Å²) in [5, 5.41) is 11.9. The number of aliphatic hydroxyl groups is 1. The number of aryl methyl sites for hydroxylation is 1. The normalized spacial score (nSPS) is 11.0. The third-order valence-corrected chi connectivity index (χ3v) is 5.07. The van der Waals surface area contributed by atoms with Gasteiger partial charge < -0.3 is 15.2 Å². The topological polar surface area (TPSA) is 105 Å². The van der Waals surface area contributed by atoms with Crippen molar-refractivity contribution in [3.05, 3.63) is 53.6 Å². The highest BCUT2D eigenvalue weighted by molar-refractivity contribution is 7.92. The lowest BCUT2D eigenvalue weighted by Gasteiger charge is -2.15. The second-order valence-corrected chi connectivity index (χ2v) is 7.33. The van der Waals surface area contributed by atoms with Crippen molar-refractivity contribution in [2.45, 2.75) is 18.2 Å². The van der Waals surface area contributed by atoms with Gasteiger partial charge in [-0.25, -0.2) is 13.2 Å². The van der Waals surface area contributed by atoms with Crippen LogP contribution < -0.4 is 10.0 Å². The first-order valence-corrected chi connectivity index (χ1v) is 9.52. The van der Waals surface area contributed by atoms with Crippen LogP contribution >= 0.6 is 0 Å². The van der Waals surface area contributed by atoms with E-state index in [2.05, 4.69) is 14.8 Å². The number of sulfonamides is 1. The quantitative estimate of drug-likeness (QED) is 0.481. The summed E-state index contributed by atoms with van der Waals surface area (Å²) in [6, 6.07) is 11.2. The maximum atomic E-state index is 12.9. The molecule has 0 saturated carbocycles. The van der Waals surface area contributed by atoms with E-state index in [0.29, 0.717) is 24.3 Å². The second kappa shape index (κ2) is 8.68. The van der Waals surface area contributed by atoms with Gasteiger partial charge >= 0.3 is 5.97 Å². The number of carbonyl (C=O) groups is 1. The Balaban J connectivity index is 2.40. The van der Waals surface area contributed by atoms with E-state index in [1.165, 1.54) is 25.3 Å². The van der Waals surface area contributed by atoms with Crippen LogP contribution in [0.1, 0.15) is 22.3 Å². The van der Waals surface area contributed by atoms with E-state index in [-0.39, 0.29) is 17.1 Å². The molecule has 0 bridgehead atoms. The number of aliphatic hydroxyl groups excluding tert-OH is 1. The number of anilines is 2. The highest BCUT2D eigenvalue weighted by Crippen LogP contribution is 2.26. The van der Waals surface area contributed by atoms with Gasteiger partial charge in [0.25, 0.3) is 10.0 Å². The number of carbonyl (C=O) groups excluding carboxylic acids is 1. The summed E-state index contributed by atoms with van der Waals surface area (Å²) < 4.78 is 32.9. The number of esters is 1. The minimum Gasteiger partial charge on any atom is -0.465 e. The Labute approximate surface area is 153 Å². The van der Waals surface area contributed by atoms with Crippen LogP contribution in [-0.4, -0.2) is 39.8 Å². The summed E-state index contributed by atoms with van der Waals surface area (Å²) in [5.74, 6) is -0.626. The molecule has 0 aromatic heterocycles. The molecule has 0 aliphatic rings. The Bertz CT molecular complexity index is 864. The number of benzene rings is 2. The van der Waals surface area contributed by atoms with Crippen LogP contribution in [-0.2, 0) is 14.8 Å². The predicted octanol–water partition coefficient (Wildman–Crippen LogP) is 2.38. The zero-order valence-corrected chi connectivity index (χ0v) is 15.5. The van der Waals surface area contributed by atoms with E-state index in [1.807, 2.05) is 6.92 Å². The van der Waals surface area contributed by atoms with E-state index in [4.69, 9.17) is 5.11 Å². The number of hydrogen-bond acceptors (Lipinski definition) is 6. The second-order valence-electron chi connectivity index (χ2n) is 5.68. The molecule has 8 heteroatoms. The van der Waals surface area contributed by atoms with Crippen molar-refractivity contribution in [2.75, 3.05) is 30.3 Å². The Kier molecular flexibility index (Phi) is 6.59. The van der Waals surface area contributed by atoms with Crippen molar-refractivity contribution in [1.82, 2.24) is 0 Å². The molecule has 0 unspecified atom stereocenters. The third kappa shape index (κ3) is 4.96. The number of rotatable bonds is 8. The van der Waals surface area contributed by atoms with Crippen LogP contribution in [0.15, 0.2) is 47.4 Å². The molecule has 0 aliphatic heterocycles. The van der Waals surface area contributed by atoms with Crippen LogP contribution in [0.2, 0.25) is 0 Å². The summed E-state index contributed by atoms with van der Waals surface area (Å²) >= 11 is 0. The smallest absolute Gasteiger partial charge is 0.337 e. The SMILES string of the molecule is COC(=O)c1ccc(NCCCO)c(S(=O)(=O)Nc2ccc(C)cc2)c1. The molecular weight excluding hydrogens is 356 g/mol. The van der Waals surface area contributed by atoms with Gasteiger partial charge in [0.15, 0.2) is 0 Å². The predicted molar refractivity (Wildman–Crippen MR) is 100.0 cm³/mol. The van der Waals surface area contributed by atoms with Crippen LogP contribution in [0.3, 0.4) is 0 Å². The van der Waals surface area contributed by atoms with Gasteiger partial charge in [0.05, 0.1) is 18.4 Å². The fourth-order valence-electron chi connectivity index (χ4n) is 2.27. The standard InChI is InChI=1S/C18H22N2O5S/c1-13-4-7-15(8-5-13)20-26(23,24)17-12-14(18(22)25-2)6-9-16(17)19-10-3-11-21/h4-9,12,19-21H,3,10-11H2,1-2H3. The minimum atomic E-state index is -3.94. The van der Waals surface area contributed by atoms with Crippen LogP contribution in [0.25, 0.3) is 0 Å². The average Bonchev–Trinajstić information content (AvgIpc) is 2.63. The van der Waals surface area contributed by atoms with Gasteiger partial charge in [-0.2, -0.15) is 0 Å². The number of nitrogens with one attached hydrogen (secondary N) is 2. The number of methoxy groups -OCH3 is 1. The van der Waals surface area contributed by atoms with Gasteiger partial charge in [-0.15, -0.1) is 0 Å². The molecule has 0 spiro atoms. The van der Waals surface area contributed by atoms with Crippen LogP contribution in [0.5, 0.6) is 0 Å². The van der Waals surface area contributed by atoms with Crippen molar-refractivity contribution < 1.29 is 23.1 Å². The molecule has 140 valence electrons. The van der Waals surface area contributed by atoms with Crippen molar-refractivity contribution in [2.24, 2.45) is 0 Å². The van der Waals surface area contributed by atoms with Gasteiger partial charge in [0.2, 0.25) is 0 Å². The molecule has 0 saturated heterocycles. The molecule has 2 aromatic carbocycles. The molecule has 0 aliphatic carbocycles. The van der Waals surface area contributed by atoms with Gasteiger partial charge in [0.1, 0.15) is 4.90 Å². The molecule has 0 atom stereocenters. The fraction of sp³-hybridized carbons (Fsp3) is 0.278. The molecule has 0 radical (unpaired) electrons. The maximum Gasteiger partial charge on any atom is 0.337 e. The van der Waals surface area contributed by atoms with Gasteiger partial charge in [-0.1, -0.05) is 17.7 Å². The summed E-state index contributed by atoms with van der Waals surface area (Å²) in [5.41, 5.74) is 1.89. The molecule has 2 aromatic rings. The van der Waals surface area contributed by atoms with E-state index in [9.17, 15) is 13.2 Å². The number of hydrogen-bond donors (Lipinski definition) is 3. The molecule has 3 N–H and O–H groups in total. The Hall–Kier alpha value is -2.58. The molecule has 26 heavy (non-hydrogen) atoms. The monoisotopic (exact) mass is 378 g/mol. The summed E-state index contributed by atoms with van der Waals surface area (Å²) in [6.45, 7) is 2.28. The zero-order valence-electron chi connectivity index (χ0n) is 14.7. The van der Waals surface area contributed by atoms with Gasteiger partial charge in [-0.05, 0) is 43.7 Å². The van der Waals surface area contributed by atoms with Gasteiger partial charge in [0, 0.05) is 18.8 Å². The van der Waals surface area contributed by atoms with E-state index in [0.717, 1.165) is 5.56 Å². The highest BCUT2D eigenvalue weighted by atomic mass is 32.2. The first kappa shape index (κ1) is 19.7. The first-order chi connectivity index (χ1) is 12.4. The van der Waals surface area contributed by atoms with Crippen molar-refractivity contribution in [3.63, 3.8) is 0 Å². The maximum absolute atomic E-state index is 12.9. The van der Waals surface area contributed by atoms with E-state index in [1.54, 1.807) is 24.3 Å². The number of ether oxygens (including phenoxy) is 1. The van der Waals surface area contributed by atoms with Gasteiger partial charge in [-0.3, -0.25) is 4.72 Å². The summed E-state index contributed by atoms with van der Waals surface area (Å²) in [6.07, 6.45) is 0.462. The molecule has 2 rings (SSSR count). The van der Waals surface area contributed by atoms with E-state index >= 15 is 0 Å². The lowest BCUT2D eigenvalue weighted by atomic mass is 10.2. The minimum absolute atomic E-state index is 0.0169. The van der Waals surface area contributed by atoms with Crippen molar-refractivity contribution in [1.29, 1.82) is 0 Å². The van der Waals surface area contributed by atoms with E-state index < -0.39 is 16.0 Å². The summed E-state index contributed by atoms with van der Waals surface area (Å²) in [7, 11) is -2.71. The Morgan fingerprint density at radius 2 is 1.85 bits per heavy atom. The lowest BCUT2D eigenvalue weighted by Crippen LogP contribution is -2.17. The highest BCUT2D eigenvalue weighted by Gasteiger charge is 2.21. The molecule has 7 nitrogen and oxygen atoms in total. The van der Waals surface area contributed by atoms with Crippen molar-refractivity contribution >= 4 is 27.4 Å². The first-order valence-electron chi connectivity index (χ1n) is 8.04. The Morgan fingerprint density at radius 3 is 2.46 bits per heavy atom. The van der Waals surface area contributed by atoms with Crippen LogP contribution in [0, 0.1) is 6.92 Å².